The van der Waals surface area contributed by atoms with Crippen LogP contribution in [-0.2, 0) is 10.2 Å². The van der Waals surface area contributed by atoms with Gasteiger partial charge in [-0.2, -0.15) is 13.2 Å². The molecular formula is C33H36F3N3O2. The molecule has 1 heterocycles. The molecular weight excluding hydrogens is 527 g/mol. The van der Waals surface area contributed by atoms with Crippen molar-refractivity contribution in [3.63, 3.8) is 0 Å². The van der Waals surface area contributed by atoms with Crippen LogP contribution in [-0.4, -0.2) is 55.1 Å². The lowest BCUT2D eigenvalue weighted by molar-refractivity contribution is -0.141. The molecule has 2 amide bonds. The number of benzene rings is 3. The number of unbranched alkanes of at least 4 members (excludes halogenated alkanes) is 1. The first kappa shape index (κ1) is 28.9. The number of aryl methyl sites for hydroxylation is 1. The van der Waals surface area contributed by atoms with Crippen LogP contribution in [0.5, 0.6) is 0 Å². The molecule has 3 aromatic carbocycles. The molecule has 3 aromatic rings. The molecule has 1 fully saturated rings. The van der Waals surface area contributed by atoms with Crippen molar-refractivity contribution >= 4 is 11.8 Å². The Morgan fingerprint density at radius 1 is 0.878 bits per heavy atom. The summed E-state index contributed by atoms with van der Waals surface area (Å²) < 4.78 is 39.3. The molecule has 1 aliphatic carbocycles. The first-order chi connectivity index (χ1) is 19.7. The molecule has 0 spiro atoms. The highest BCUT2D eigenvalue weighted by atomic mass is 19.4. The fourth-order valence-electron chi connectivity index (χ4n) is 6.40. The molecule has 5 nitrogen and oxygen atoms in total. The van der Waals surface area contributed by atoms with E-state index in [2.05, 4.69) is 15.5 Å². The predicted octanol–water partition coefficient (Wildman–Crippen LogP) is 6.00. The van der Waals surface area contributed by atoms with Crippen LogP contribution in [0.3, 0.4) is 0 Å². The van der Waals surface area contributed by atoms with Crippen LogP contribution in [0.15, 0.2) is 72.8 Å². The third-order valence-electron chi connectivity index (χ3n) is 8.49. The van der Waals surface area contributed by atoms with Crippen LogP contribution in [0, 0.1) is 6.92 Å². The lowest BCUT2D eigenvalue weighted by Crippen LogP contribution is -2.47. The normalized spacial score (nSPS) is 16.6. The Balaban J connectivity index is 1.21. The van der Waals surface area contributed by atoms with Gasteiger partial charge in [0.25, 0.3) is 5.91 Å². The van der Waals surface area contributed by atoms with Crippen LogP contribution in [0.1, 0.15) is 59.2 Å². The molecule has 0 atom stereocenters. The highest BCUT2D eigenvalue weighted by Gasteiger charge is 2.49. The van der Waals surface area contributed by atoms with Crippen molar-refractivity contribution in [1.82, 2.24) is 15.5 Å². The number of fused-ring (bicyclic) bond motifs is 3. The van der Waals surface area contributed by atoms with Crippen LogP contribution in [0.2, 0.25) is 0 Å². The molecule has 2 N–H and O–H groups in total. The van der Waals surface area contributed by atoms with Gasteiger partial charge < -0.3 is 15.5 Å². The quantitative estimate of drug-likeness (QED) is 0.314. The fraction of sp³-hybridized carbons (Fsp3) is 0.394. The second-order valence-electron chi connectivity index (χ2n) is 11.2. The topological polar surface area (TPSA) is 61.4 Å². The maximum absolute atomic E-state index is 13.6. The summed E-state index contributed by atoms with van der Waals surface area (Å²) in [4.78, 5) is 28.7. The van der Waals surface area contributed by atoms with E-state index in [0.29, 0.717) is 18.4 Å². The maximum Gasteiger partial charge on any atom is 0.405 e. The van der Waals surface area contributed by atoms with Crippen molar-refractivity contribution < 1.29 is 22.8 Å². The number of amides is 2. The van der Waals surface area contributed by atoms with Crippen molar-refractivity contribution in [3.8, 4) is 11.1 Å². The van der Waals surface area contributed by atoms with E-state index >= 15 is 0 Å². The fourth-order valence-corrected chi connectivity index (χ4v) is 6.40. The van der Waals surface area contributed by atoms with E-state index < -0.39 is 24.0 Å². The summed E-state index contributed by atoms with van der Waals surface area (Å²) in [5.41, 5.74) is 3.85. The van der Waals surface area contributed by atoms with Gasteiger partial charge >= 0.3 is 6.18 Å². The molecule has 41 heavy (non-hydrogen) atoms. The summed E-state index contributed by atoms with van der Waals surface area (Å²) >= 11 is 0. The van der Waals surface area contributed by atoms with Gasteiger partial charge in [-0.15, -0.1) is 0 Å². The van der Waals surface area contributed by atoms with Gasteiger partial charge in [-0.25, -0.2) is 0 Å². The second kappa shape index (κ2) is 12.1. The predicted molar refractivity (Wildman–Crippen MR) is 154 cm³/mol. The SMILES string of the molecule is Cc1ccccc1C(=O)NC1CCN(CCCCC2(C(=O)NCC(F)(F)F)c3ccccc3-c3ccccc32)CC1. The Morgan fingerprint density at radius 2 is 1.46 bits per heavy atom. The number of halogens is 3. The second-order valence-corrected chi connectivity index (χ2v) is 11.2. The first-order valence-electron chi connectivity index (χ1n) is 14.3. The first-order valence-corrected chi connectivity index (χ1v) is 14.3. The summed E-state index contributed by atoms with van der Waals surface area (Å²) in [5, 5.41) is 5.37. The van der Waals surface area contributed by atoms with Gasteiger partial charge in [0.15, 0.2) is 0 Å². The van der Waals surface area contributed by atoms with Crippen molar-refractivity contribution in [3.05, 3.63) is 95.1 Å². The Labute approximate surface area is 239 Å². The van der Waals surface area contributed by atoms with Gasteiger partial charge in [0.05, 0.1) is 0 Å². The zero-order valence-electron chi connectivity index (χ0n) is 23.3. The van der Waals surface area contributed by atoms with Crippen LogP contribution < -0.4 is 10.6 Å². The number of hydrogen-bond acceptors (Lipinski definition) is 3. The third kappa shape index (κ3) is 6.17. The number of likely N-dealkylation sites (tertiary alicyclic amines) is 1. The highest BCUT2D eigenvalue weighted by Crippen LogP contribution is 2.51. The summed E-state index contributed by atoms with van der Waals surface area (Å²) in [5.74, 6) is -0.634. The Kier molecular flexibility index (Phi) is 8.50. The van der Waals surface area contributed by atoms with Gasteiger partial charge in [-0.3, -0.25) is 9.59 Å². The minimum absolute atomic E-state index is 0.0345. The number of carbonyl (C=O) groups is 2. The molecule has 0 unspecified atom stereocenters. The summed E-state index contributed by atoms with van der Waals surface area (Å²) in [6.07, 6.45) is -0.830. The molecule has 0 bridgehead atoms. The molecule has 0 radical (unpaired) electrons. The minimum atomic E-state index is -4.49. The zero-order valence-corrected chi connectivity index (χ0v) is 23.3. The number of carbonyl (C=O) groups excluding carboxylic acids is 2. The minimum Gasteiger partial charge on any atom is -0.349 e. The number of piperidine rings is 1. The molecule has 1 saturated heterocycles. The van der Waals surface area contributed by atoms with E-state index in [1.54, 1.807) is 0 Å². The van der Waals surface area contributed by atoms with Crippen molar-refractivity contribution in [2.45, 2.75) is 56.7 Å². The van der Waals surface area contributed by atoms with Crippen molar-refractivity contribution in [1.29, 1.82) is 0 Å². The smallest absolute Gasteiger partial charge is 0.349 e. The molecule has 0 saturated carbocycles. The van der Waals surface area contributed by atoms with E-state index in [1.165, 1.54) is 0 Å². The van der Waals surface area contributed by atoms with Gasteiger partial charge in [0.2, 0.25) is 5.91 Å². The monoisotopic (exact) mass is 563 g/mol. The number of hydrogen-bond donors (Lipinski definition) is 2. The maximum atomic E-state index is 13.6. The van der Waals surface area contributed by atoms with Crippen molar-refractivity contribution in [2.24, 2.45) is 0 Å². The van der Waals surface area contributed by atoms with Gasteiger partial charge in [0.1, 0.15) is 12.0 Å². The summed E-state index contributed by atoms with van der Waals surface area (Å²) in [6.45, 7) is 3.14. The summed E-state index contributed by atoms with van der Waals surface area (Å²) in [7, 11) is 0. The van der Waals surface area contributed by atoms with E-state index in [9.17, 15) is 22.8 Å². The molecule has 216 valence electrons. The van der Waals surface area contributed by atoms with Crippen LogP contribution in [0.4, 0.5) is 13.2 Å². The van der Waals surface area contributed by atoms with Crippen LogP contribution >= 0.6 is 0 Å². The number of nitrogens with one attached hydrogen (secondary N) is 2. The largest absolute Gasteiger partial charge is 0.405 e. The molecule has 2 aliphatic rings. The van der Waals surface area contributed by atoms with Gasteiger partial charge in [0, 0.05) is 24.7 Å². The van der Waals surface area contributed by atoms with Gasteiger partial charge in [-0.05, 0) is 73.0 Å². The zero-order chi connectivity index (χ0) is 29.0. The Hall–Kier alpha value is -3.65. The Bertz CT molecular complexity index is 1350. The average molecular weight is 564 g/mol. The standard InChI is InChI=1S/C33H36F3N3O2/c1-23-10-2-3-11-25(23)30(40)38-24-16-20-39(21-17-24)19-9-8-18-32(31(41)37-22-33(34,35)36)28-14-6-4-12-26(28)27-13-5-7-15-29(27)32/h2-7,10-15,24H,8-9,16-22H2,1H3,(H,37,41)(H,38,40). The van der Waals surface area contributed by atoms with E-state index in [-0.39, 0.29) is 11.9 Å². The number of rotatable bonds is 9. The van der Waals surface area contributed by atoms with Crippen LogP contribution in [0.25, 0.3) is 11.1 Å². The average Bonchev–Trinajstić information content (AvgIpc) is 3.25. The lowest BCUT2D eigenvalue weighted by atomic mass is 9.73. The number of nitrogens with zero attached hydrogens (tertiary/aromatic N) is 1. The summed E-state index contributed by atoms with van der Waals surface area (Å²) in [6, 6.07) is 22.8. The van der Waals surface area contributed by atoms with Gasteiger partial charge in [-0.1, -0.05) is 73.2 Å². The molecule has 1 aliphatic heterocycles. The van der Waals surface area contributed by atoms with Crippen molar-refractivity contribution in [2.75, 3.05) is 26.2 Å². The molecule has 5 rings (SSSR count). The highest BCUT2D eigenvalue weighted by molar-refractivity contribution is 6.00. The van der Waals surface area contributed by atoms with E-state index in [1.807, 2.05) is 79.7 Å². The van der Waals surface area contributed by atoms with E-state index in [4.69, 9.17) is 0 Å². The molecule has 8 heteroatoms. The van der Waals surface area contributed by atoms with E-state index in [0.717, 1.165) is 66.7 Å². The third-order valence-corrected chi connectivity index (χ3v) is 8.49. The molecule has 0 aromatic heterocycles. The number of alkyl halides is 3. The Morgan fingerprint density at radius 3 is 2.07 bits per heavy atom. The lowest BCUT2D eigenvalue weighted by Gasteiger charge is -2.33.